The summed E-state index contributed by atoms with van der Waals surface area (Å²) >= 11 is 0. The first kappa shape index (κ1) is 15.7. The monoisotopic (exact) mass is 323 g/mol. The smallest absolute Gasteiger partial charge is 0.297 e. The van der Waals surface area contributed by atoms with Crippen molar-refractivity contribution in [2.45, 2.75) is 6.92 Å². The molecule has 1 aromatic heterocycles. The van der Waals surface area contributed by atoms with Crippen molar-refractivity contribution in [1.82, 2.24) is 9.36 Å². The highest BCUT2D eigenvalue weighted by Crippen LogP contribution is 2.18. The molecule has 6 nitrogen and oxygen atoms in total. The Morgan fingerprint density at radius 3 is 2.46 bits per heavy atom. The molecule has 0 saturated heterocycles. The van der Waals surface area contributed by atoms with Crippen LogP contribution in [0.5, 0.6) is 0 Å². The molecule has 1 heterocycles. The zero-order valence-electron chi connectivity index (χ0n) is 13.7. The minimum Gasteiger partial charge on any atom is -0.493 e. The summed E-state index contributed by atoms with van der Waals surface area (Å²) in [6, 6.07) is 9.36. The number of benzene rings is 1. The van der Waals surface area contributed by atoms with E-state index in [1.807, 2.05) is 44.3 Å². The van der Waals surface area contributed by atoms with Crippen molar-refractivity contribution in [3.8, 4) is 5.69 Å². The summed E-state index contributed by atoms with van der Waals surface area (Å²) in [6.45, 7) is 1.83. The molecule has 2 aromatic rings. The molecule has 1 aliphatic carbocycles. The molecule has 0 bridgehead atoms. The number of aromatic nitrogens is 2. The van der Waals surface area contributed by atoms with Gasteiger partial charge in [0.1, 0.15) is 0 Å². The van der Waals surface area contributed by atoms with Gasteiger partial charge in [0.2, 0.25) is 5.78 Å². The van der Waals surface area contributed by atoms with E-state index >= 15 is 0 Å². The molecular formula is C18H17N3O3. The molecule has 1 aliphatic rings. The lowest BCUT2D eigenvalue weighted by Gasteiger charge is -2.07. The highest BCUT2D eigenvalue weighted by Gasteiger charge is 2.17. The van der Waals surface area contributed by atoms with Crippen molar-refractivity contribution < 1.29 is 9.53 Å². The van der Waals surface area contributed by atoms with E-state index in [-0.39, 0.29) is 17.1 Å². The molecule has 0 spiro atoms. The third kappa shape index (κ3) is 2.62. The van der Waals surface area contributed by atoms with Crippen LogP contribution in [0.2, 0.25) is 0 Å². The predicted molar refractivity (Wildman–Crippen MR) is 92.1 cm³/mol. The van der Waals surface area contributed by atoms with Crippen LogP contribution in [-0.4, -0.2) is 28.0 Å². The molecule has 0 amide bonds. The zero-order chi connectivity index (χ0) is 17.3. The number of allylic oxidation sites excluding steroid dienone is 3. The lowest BCUT2D eigenvalue weighted by Crippen LogP contribution is -2.19. The average Bonchev–Trinajstić information content (AvgIpc) is 2.80. The Bertz CT molecular complexity index is 944. The van der Waals surface area contributed by atoms with Crippen molar-refractivity contribution in [1.29, 1.82) is 0 Å². The van der Waals surface area contributed by atoms with Gasteiger partial charge in [0.05, 0.1) is 24.2 Å². The van der Waals surface area contributed by atoms with Gasteiger partial charge in [0.15, 0.2) is 11.4 Å². The number of carbonyl (C=O) groups is 1. The fourth-order valence-electron chi connectivity index (χ4n) is 2.54. The highest BCUT2D eigenvalue weighted by molar-refractivity contribution is 6.18. The van der Waals surface area contributed by atoms with Gasteiger partial charge in [-0.3, -0.25) is 14.3 Å². The number of carbonyl (C=O) groups excluding carboxylic acids is 1. The van der Waals surface area contributed by atoms with Crippen LogP contribution in [0.4, 0.5) is 5.69 Å². The molecule has 6 heteroatoms. The van der Waals surface area contributed by atoms with Gasteiger partial charge in [-0.25, -0.2) is 9.67 Å². The van der Waals surface area contributed by atoms with Crippen LogP contribution in [0.15, 0.2) is 64.1 Å². The second-order valence-electron chi connectivity index (χ2n) is 5.36. The Balaban J connectivity index is 2.13. The minimum atomic E-state index is -0.220. The van der Waals surface area contributed by atoms with Gasteiger partial charge in [0.25, 0.3) is 5.56 Å². The van der Waals surface area contributed by atoms with Crippen molar-refractivity contribution in [3.63, 3.8) is 0 Å². The lowest BCUT2D eigenvalue weighted by atomic mass is 10.1. The fraction of sp³-hybridized carbons (Fsp3) is 0.167. The summed E-state index contributed by atoms with van der Waals surface area (Å²) in [6.07, 6.45) is 4.48. The van der Waals surface area contributed by atoms with Crippen molar-refractivity contribution in [3.05, 3.63) is 70.4 Å². The molecule has 0 N–H and O–H groups in total. The maximum Gasteiger partial charge on any atom is 0.297 e. The molecular weight excluding hydrogens is 306 g/mol. The standard InChI is InChI=1S/C18H17N3O3/c1-12-17(19-13-9-10-15(22)16(11-13)24-3)18(23)21(20(12)2)14-7-5-4-6-8-14/h4-11H,1-3H3/b19-13+. The zero-order valence-corrected chi connectivity index (χ0v) is 13.7. The first-order chi connectivity index (χ1) is 11.5. The van der Waals surface area contributed by atoms with Crippen LogP contribution >= 0.6 is 0 Å². The molecule has 24 heavy (non-hydrogen) atoms. The molecule has 1 aromatic carbocycles. The van der Waals surface area contributed by atoms with Crippen LogP contribution in [0.1, 0.15) is 5.69 Å². The maximum absolute atomic E-state index is 12.8. The van der Waals surface area contributed by atoms with E-state index in [9.17, 15) is 9.59 Å². The van der Waals surface area contributed by atoms with E-state index in [0.717, 1.165) is 11.4 Å². The Morgan fingerprint density at radius 2 is 1.79 bits per heavy atom. The van der Waals surface area contributed by atoms with Crippen LogP contribution in [0.3, 0.4) is 0 Å². The number of para-hydroxylation sites is 1. The molecule has 0 saturated carbocycles. The number of ether oxygens (including phenoxy) is 1. The molecule has 3 rings (SSSR count). The number of methoxy groups -OCH3 is 1. The first-order valence-corrected chi connectivity index (χ1v) is 7.43. The second-order valence-corrected chi connectivity index (χ2v) is 5.36. The molecule has 0 radical (unpaired) electrons. The summed E-state index contributed by atoms with van der Waals surface area (Å²) in [5.74, 6) is -0.0175. The van der Waals surface area contributed by atoms with Gasteiger partial charge >= 0.3 is 0 Å². The third-order valence-electron chi connectivity index (χ3n) is 3.91. The summed E-state index contributed by atoms with van der Waals surface area (Å²) in [5.41, 5.74) is 2.11. The number of nitrogens with zero attached hydrogens (tertiary/aromatic N) is 3. The predicted octanol–water partition coefficient (Wildman–Crippen LogP) is 2.23. The van der Waals surface area contributed by atoms with Crippen molar-refractivity contribution >= 4 is 17.2 Å². The van der Waals surface area contributed by atoms with Gasteiger partial charge in [0, 0.05) is 13.1 Å². The average molecular weight is 323 g/mol. The van der Waals surface area contributed by atoms with Crippen LogP contribution in [0, 0.1) is 6.92 Å². The topological polar surface area (TPSA) is 65.6 Å². The Morgan fingerprint density at radius 1 is 1.08 bits per heavy atom. The van der Waals surface area contributed by atoms with E-state index in [1.165, 1.54) is 19.3 Å². The van der Waals surface area contributed by atoms with Gasteiger partial charge in [-0.2, -0.15) is 0 Å². The fourth-order valence-corrected chi connectivity index (χ4v) is 2.54. The lowest BCUT2D eigenvalue weighted by molar-refractivity contribution is -0.114. The summed E-state index contributed by atoms with van der Waals surface area (Å²) in [7, 11) is 3.24. The van der Waals surface area contributed by atoms with Crippen molar-refractivity contribution in [2.75, 3.05) is 7.11 Å². The third-order valence-corrected chi connectivity index (χ3v) is 3.91. The van der Waals surface area contributed by atoms with Gasteiger partial charge in [-0.1, -0.05) is 18.2 Å². The number of aliphatic imine (C=N–C) groups is 1. The highest BCUT2D eigenvalue weighted by atomic mass is 16.5. The van der Waals surface area contributed by atoms with E-state index in [4.69, 9.17) is 4.74 Å². The Hall–Kier alpha value is -3.15. The van der Waals surface area contributed by atoms with Crippen molar-refractivity contribution in [2.24, 2.45) is 12.0 Å². The van der Waals surface area contributed by atoms with E-state index in [1.54, 1.807) is 15.4 Å². The molecule has 0 fully saturated rings. The number of hydrogen-bond acceptors (Lipinski definition) is 4. The van der Waals surface area contributed by atoms with Gasteiger partial charge < -0.3 is 4.74 Å². The minimum absolute atomic E-state index is 0.202. The largest absolute Gasteiger partial charge is 0.493 e. The number of hydrogen-bond donors (Lipinski definition) is 0. The van der Waals surface area contributed by atoms with Crippen LogP contribution in [0.25, 0.3) is 5.69 Å². The Labute approximate surface area is 139 Å². The van der Waals surface area contributed by atoms with E-state index < -0.39 is 0 Å². The van der Waals surface area contributed by atoms with E-state index in [2.05, 4.69) is 4.99 Å². The van der Waals surface area contributed by atoms with Crippen LogP contribution < -0.4 is 5.56 Å². The summed E-state index contributed by atoms with van der Waals surface area (Å²) in [4.78, 5) is 28.8. The SMILES string of the molecule is COC1=C/C(=N/c2c(C)n(C)n(-c3ccccc3)c2=O)C=CC1=O. The molecule has 0 aliphatic heterocycles. The quantitative estimate of drug-likeness (QED) is 0.814. The summed E-state index contributed by atoms with van der Waals surface area (Å²) < 4.78 is 8.34. The summed E-state index contributed by atoms with van der Waals surface area (Å²) in [5, 5.41) is 0. The maximum atomic E-state index is 12.8. The molecule has 0 atom stereocenters. The van der Waals surface area contributed by atoms with Crippen LogP contribution in [-0.2, 0) is 16.6 Å². The first-order valence-electron chi connectivity index (χ1n) is 7.43. The molecule has 0 unspecified atom stereocenters. The Kier molecular flexibility index (Phi) is 4.04. The van der Waals surface area contributed by atoms with Gasteiger partial charge in [-0.15, -0.1) is 0 Å². The van der Waals surface area contributed by atoms with E-state index in [0.29, 0.717) is 11.4 Å². The second kappa shape index (κ2) is 6.16. The van der Waals surface area contributed by atoms with Gasteiger partial charge in [-0.05, 0) is 31.2 Å². The normalized spacial score (nSPS) is 15.7. The number of rotatable bonds is 3. The molecule has 122 valence electrons. The number of ketones is 1.